The second-order valence-electron chi connectivity index (χ2n) is 3.94. The van der Waals surface area contributed by atoms with Gasteiger partial charge in [0, 0.05) is 23.6 Å². The summed E-state index contributed by atoms with van der Waals surface area (Å²) in [5.41, 5.74) is -0.663. The second kappa shape index (κ2) is 5.66. The summed E-state index contributed by atoms with van der Waals surface area (Å²) >= 11 is 0. The smallest absolute Gasteiger partial charge is 0.269 e. The predicted molar refractivity (Wildman–Crippen MR) is 61.8 cm³/mol. The Morgan fingerprint density at radius 2 is 2.00 bits per heavy atom. The summed E-state index contributed by atoms with van der Waals surface area (Å²) in [5.74, 6) is -0.872. The zero-order chi connectivity index (χ0) is 13.9. The molecule has 6 heteroatoms. The highest BCUT2D eigenvalue weighted by Crippen LogP contribution is 2.33. The van der Waals surface area contributed by atoms with Gasteiger partial charge in [-0.2, -0.15) is 0 Å². The fourth-order valence-electron chi connectivity index (χ4n) is 1.91. The van der Waals surface area contributed by atoms with Crippen LogP contribution in [-0.2, 0) is 4.79 Å². The van der Waals surface area contributed by atoms with Gasteiger partial charge in [0.1, 0.15) is 5.78 Å². The maximum absolute atomic E-state index is 12.9. The molecule has 0 saturated carbocycles. The van der Waals surface area contributed by atoms with Crippen LogP contribution >= 0.6 is 0 Å². The van der Waals surface area contributed by atoms with Crippen LogP contribution in [-0.4, -0.2) is 10.7 Å². The fraction of sp³-hybridized carbons (Fsp3) is 0.417. The normalized spacial score (nSPS) is 12.5. The van der Waals surface area contributed by atoms with E-state index in [2.05, 4.69) is 0 Å². The molecular formula is C12H13F2NO3. The number of nitrogens with zero attached hydrogens (tertiary/aromatic N) is 1. The molecule has 0 spiro atoms. The number of benzene rings is 1. The number of nitro groups is 1. The van der Waals surface area contributed by atoms with E-state index in [1.54, 1.807) is 6.92 Å². The van der Waals surface area contributed by atoms with Crippen LogP contribution in [0.25, 0.3) is 0 Å². The molecule has 1 aromatic carbocycles. The van der Waals surface area contributed by atoms with Crippen LogP contribution in [0.4, 0.5) is 14.5 Å². The van der Waals surface area contributed by atoms with Crippen molar-refractivity contribution in [1.29, 1.82) is 0 Å². The summed E-state index contributed by atoms with van der Waals surface area (Å²) < 4.78 is 25.8. The second-order valence-corrected chi connectivity index (χ2v) is 3.94. The Bertz CT molecular complexity index is 474. The van der Waals surface area contributed by atoms with Gasteiger partial charge in [-0.05, 0) is 18.9 Å². The molecule has 0 aromatic heterocycles. The van der Waals surface area contributed by atoms with Crippen molar-refractivity contribution in [3.05, 3.63) is 39.4 Å². The van der Waals surface area contributed by atoms with Crippen LogP contribution < -0.4 is 0 Å². The number of carbonyl (C=O) groups is 1. The molecule has 98 valence electrons. The molecule has 0 amide bonds. The minimum absolute atomic E-state index is 0.172. The van der Waals surface area contributed by atoms with Crippen molar-refractivity contribution in [3.63, 3.8) is 0 Å². The molecule has 0 fully saturated rings. The van der Waals surface area contributed by atoms with E-state index >= 15 is 0 Å². The van der Waals surface area contributed by atoms with E-state index in [1.807, 2.05) is 0 Å². The third-order valence-electron chi connectivity index (χ3n) is 2.79. The largest absolute Gasteiger partial charge is 0.299 e. The summed E-state index contributed by atoms with van der Waals surface area (Å²) in [6.45, 7) is 3.04. The Kier molecular flexibility index (Phi) is 4.47. The van der Waals surface area contributed by atoms with Crippen LogP contribution in [0.2, 0.25) is 0 Å². The zero-order valence-electron chi connectivity index (χ0n) is 10.0. The van der Waals surface area contributed by atoms with E-state index < -0.39 is 28.5 Å². The van der Waals surface area contributed by atoms with Gasteiger partial charge in [0.05, 0.1) is 4.92 Å². The lowest BCUT2D eigenvalue weighted by Crippen LogP contribution is -2.11. The van der Waals surface area contributed by atoms with Crippen LogP contribution in [0.5, 0.6) is 0 Å². The lowest BCUT2D eigenvalue weighted by molar-refractivity contribution is -0.385. The number of nitro benzene ring substituents is 1. The summed E-state index contributed by atoms with van der Waals surface area (Å²) in [7, 11) is 0. The highest BCUT2D eigenvalue weighted by Gasteiger charge is 2.24. The lowest BCUT2D eigenvalue weighted by atomic mass is 9.89. The number of halogens is 2. The van der Waals surface area contributed by atoms with Crippen molar-refractivity contribution in [2.75, 3.05) is 0 Å². The summed E-state index contributed by atoms with van der Waals surface area (Å²) in [6.07, 6.45) is -2.46. The summed E-state index contributed by atoms with van der Waals surface area (Å²) in [5, 5.41) is 10.6. The van der Waals surface area contributed by atoms with Crippen LogP contribution in [0.3, 0.4) is 0 Å². The number of carbonyl (C=O) groups excluding carboxylic acids is 1. The Labute approximate surface area is 103 Å². The molecule has 1 unspecified atom stereocenters. The van der Waals surface area contributed by atoms with E-state index in [-0.39, 0.29) is 11.3 Å². The average molecular weight is 257 g/mol. The van der Waals surface area contributed by atoms with Gasteiger partial charge in [-0.3, -0.25) is 14.9 Å². The number of rotatable bonds is 5. The molecule has 0 aliphatic rings. The monoisotopic (exact) mass is 257 g/mol. The van der Waals surface area contributed by atoms with E-state index in [0.29, 0.717) is 6.42 Å². The number of hydrogen-bond acceptors (Lipinski definition) is 3. The molecule has 18 heavy (non-hydrogen) atoms. The molecule has 4 nitrogen and oxygen atoms in total. The first kappa shape index (κ1) is 14.2. The molecule has 0 radical (unpaired) electrons. The number of alkyl halides is 2. The molecule has 1 atom stereocenters. The minimum atomic E-state index is -2.84. The molecule has 0 heterocycles. The maximum atomic E-state index is 12.9. The van der Waals surface area contributed by atoms with Gasteiger partial charge in [-0.25, -0.2) is 8.78 Å². The SMILES string of the molecule is CCC(C(C)=O)c1ccc([N+](=O)[O-])cc1C(F)F. The standard InChI is InChI=1S/C12H13F2NO3/c1-3-9(7(2)16)10-5-4-8(15(17)18)6-11(10)12(13)14/h4-6,9,12H,3H2,1-2H3. The zero-order valence-corrected chi connectivity index (χ0v) is 10.0. The fourth-order valence-corrected chi connectivity index (χ4v) is 1.91. The number of ketones is 1. The van der Waals surface area contributed by atoms with Gasteiger partial charge < -0.3 is 0 Å². The van der Waals surface area contributed by atoms with Crippen molar-refractivity contribution in [2.45, 2.75) is 32.6 Å². The average Bonchev–Trinajstić information content (AvgIpc) is 2.29. The van der Waals surface area contributed by atoms with Gasteiger partial charge in [-0.15, -0.1) is 0 Å². The molecule has 0 aliphatic heterocycles. The molecule has 1 aromatic rings. The van der Waals surface area contributed by atoms with Crippen molar-refractivity contribution in [2.24, 2.45) is 0 Å². The summed E-state index contributed by atoms with van der Waals surface area (Å²) in [6, 6.07) is 3.23. The first-order valence-electron chi connectivity index (χ1n) is 5.45. The van der Waals surface area contributed by atoms with Crippen LogP contribution in [0.15, 0.2) is 18.2 Å². The molecular weight excluding hydrogens is 244 g/mol. The highest BCUT2D eigenvalue weighted by molar-refractivity contribution is 5.83. The van der Waals surface area contributed by atoms with Gasteiger partial charge in [0.25, 0.3) is 12.1 Å². The Balaban J connectivity index is 3.35. The maximum Gasteiger partial charge on any atom is 0.269 e. The quantitative estimate of drug-likeness (QED) is 0.598. The minimum Gasteiger partial charge on any atom is -0.299 e. The van der Waals surface area contributed by atoms with Crippen LogP contribution in [0.1, 0.15) is 43.7 Å². The number of non-ortho nitro benzene ring substituents is 1. The topological polar surface area (TPSA) is 60.2 Å². The number of Topliss-reactive ketones (excluding diaryl/α,β-unsaturated/α-hetero) is 1. The van der Waals surface area contributed by atoms with Gasteiger partial charge in [0.15, 0.2) is 0 Å². The van der Waals surface area contributed by atoms with Crippen molar-refractivity contribution in [3.8, 4) is 0 Å². The van der Waals surface area contributed by atoms with Gasteiger partial charge in [-0.1, -0.05) is 13.0 Å². The van der Waals surface area contributed by atoms with E-state index in [1.165, 1.54) is 13.0 Å². The molecule has 0 aliphatic carbocycles. The van der Waals surface area contributed by atoms with E-state index in [4.69, 9.17) is 0 Å². The van der Waals surface area contributed by atoms with Gasteiger partial charge >= 0.3 is 0 Å². The Morgan fingerprint density at radius 1 is 1.39 bits per heavy atom. The van der Waals surface area contributed by atoms with E-state index in [0.717, 1.165) is 12.1 Å². The molecule has 0 bridgehead atoms. The molecule has 1 rings (SSSR count). The first-order valence-corrected chi connectivity index (χ1v) is 5.45. The first-order chi connectivity index (χ1) is 8.38. The molecule has 0 N–H and O–H groups in total. The Hall–Kier alpha value is -1.85. The van der Waals surface area contributed by atoms with Crippen LogP contribution in [0, 0.1) is 10.1 Å². The van der Waals surface area contributed by atoms with Crippen molar-refractivity contribution < 1.29 is 18.5 Å². The third kappa shape index (κ3) is 2.88. The van der Waals surface area contributed by atoms with Crippen molar-refractivity contribution >= 4 is 11.5 Å². The van der Waals surface area contributed by atoms with Crippen molar-refractivity contribution in [1.82, 2.24) is 0 Å². The number of hydrogen-bond donors (Lipinski definition) is 0. The van der Waals surface area contributed by atoms with E-state index in [9.17, 15) is 23.7 Å². The summed E-state index contributed by atoms with van der Waals surface area (Å²) in [4.78, 5) is 21.2. The third-order valence-corrected chi connectivity index (χ3v) is 2.79. The molecule has 0 saturated heterocycles. The van der Waals surface area contributed by atoms with Gasteiger partial charge in [0.2, 0.25) is 0 Å². The Morgan fingerprint density at radius 3 is 2.39 bits per heavy atom. The highest BCUT2D eigenvalue weighted by atomic mass is 19.3. The predicted octanol–water partition coefficient (Wildman–Crippen LogP) is 3.62. The lowest BCUT2D eigenvalue weighted by Gasteiger charge is -2.16.